The minimum absolute atomic E-state index is 0.0534. The summed E-state index contributed by atoms with van der Waals surface area (Å²) in [5.41, 5.74) is 1.69. The zero-order valence-corrected chi connectivity index (χ0v) is 10.2. The number of hydrogen-bond acceptors (Lipinski definition) is 2. The molecular formula is C14H11F3N2O. The van der Waals surface area contributed by atoms with Crippen LogP contribution in [0.3, 0.4) is 0 Å². The van der Waals surface area contributed by atoms with Gasteiger partial charge in [0.25, 0.3) is 0 Å². The van der Waals surface area contributed by atoms with Crippen LogP contribution in [0.4, 0.5) is 18.9 Å². The minimum atomic E-state index is -4.44. The van der Waals surface area contributed by atoms with Gasteiger partial charge in [0.1, 0.15) is 0 Å². The molecule has 2 aromatic carbocycles. The third-order valence-electron chi connectivity index (χ3n) is 2.57. The van der Waals surface area contributed by atoms with Gasteiger partial charge in [-0.1, -0.05) is 30.3 Å². The maximum Gasteiger partial charge on any atom is 0.416 e. The normalized spacial score (nSPS) is 12.3. The van der Waals surface area contributed by atoms with Crippen LogP contribution in [-0.4, -0.2) is 11.0 Å². The molecule has 0 fully saturated rings. The van der Waals surface area contributed by atoms with Crippen LogP contribution in [0.2, 0.25) is 0 Å². The molecule has 0 aromatic heterocycles. The molecule has 2 N–H and O–H groups in total. The number of amidine groups is 1. The van der Waals surface area contributed by atoms with Crippen molar-refractivity contribution >= 4 is 11.5 Å². The standard InChI is InChI=1S/C14H11F3N2O/c15-14(16,17)11-6-4-5-10(9-11)13(19-20)18-12-7-2-1-3-8-12/h1-9,20H,(H,18,19). The van der Waals surface area contributed by atoms with Crippen molar-refractivity contribution < 1.29 is 18.4 Å². The number of benzene rings is 2. The molecule has 0 bridgehead atoms. The molecule has 0 aliphatic heterocycles. The van der Waals surface area contributed by atoms with Gasteiger partial charge < -0.3 is 0 Å². The molecule has 0 amide bonds. The summed E-state index contributed by atoms with van der Waals surface area (Å²) in [4.78, 5) is 4.06. The second-order valence-corrected chi connectivity index (χ2v) is 3.99. The second-order valence-electron chi connectivity index (χ2n) is 3.99. The Labute approximate surface area is 113 Å². The van der Waals surface area contributed by atoms with E-state index >= 15 is 0 Å². The van der Waals surface area contributed by atoms with Crippen molar-refractivity contribution in [3.8, 4) is 0 Å². The number of para-hydroxylation sites is 1. The van der Waals surface area contributed by atoms with Gasteiger partial charge >= 0.3 is 6.18 Å². The number of nitrogens with zero attached hydrogens (tertiary/aromatic N) is 1. The van der Waals surface area contributed by atoms with E-state index in [1.165, 1.54) is 12.1 Å². The Morgan fingerprint density at radius 1 is 1.00 bits per heavy atom. The van der Waals surface area contributed by atoms with E-state index in [2.05, 4.69) is 4.99 Å². The third kappa shape index (κ3) is 3.36. The fourth-order valence-corrected chi connectivity index (χ4v) is 1.63. The fraction of sp³-hybridized carbons (Fsp3) is 0.0714. The first-order valence-electron chi connectivity index (χ1n) is 5.72. The van der Waals surface area contributed by atoms with Crippen LogP contribution in [0.25, 0.3) is 0 Å². The average Bonchev–Trinajstić information content (AvgIpc) is 2.45. The molecule has 104 valence electrons. The van der Waals surface area contributed by atoms with Crippen molar-refractivity contribution in [3.63, 3.8) is 0 Å². The Morgan fingerprint density at radius 3 is 2.30 bits per heavy atom. The van der Waals surface area contributed by atoms with Crippen LogP contribution in [-0.2, 0) is 6.18 Å². The van der Waals surface area contributed by atoms with E-state index in [4.69, 9.17) is 5.21 Å². The van der Waals surface area contributed by atoms with Crippen LogP contribution >= 0.6 is 0 Å². The molecular weight excluding hydrogens is 269 g/mol. The van der Waals surface area contributed by atoms with Crippen LogP contribution in [0.5, 0.6) is 0 Å². The monoisotopic (exact) mass is 280 g/mol. The molecule has 0 radical (unpaired) electrons. The first kappa shape index (κ1) is 14.1. The van der Waals surface area contributed by atoms with Crippen molar-refractivity contribution in [2.45, 2.75) is 6.18 Å². The van der Waals surface area contributed by atoms with Gasteiger partial charge in [-0.15, -0.1) is 0 Å². The highest BCUT2D eigenvalue weighted by molar-refractivity contribution is 5.99. The van der Waals surface area contributed by atoms with Crippen molar-refractivity contribution in [1.82, 2.24) is 5.48 Å². The predicted molar refractivity (Wildman–Crippen MR) is 69.0 cm³/mol. The van der Waals surface area contributed by atoms with Gasteiger partial charge in [-0.2, -0.15) is 13.2 Å². The molecule has 3 nitrogen and oxygen atoms in total. The highest BCUT2D eigenvalue weighted by atomic mass is 19.4. The Hall–Kier alpha value is -2.34. The molecule has 6 heteroatoms. The lowest BCUT2D eigenvalue weighted by Gasteiger charge is -2.10. The summed E-state index contributed by atoms with van der Waals surface area (Å²) >= 11 is 0. The van der Waals surface area contributed by atoms with Crippen LogP contribution in [0.1, 0.15) is 11.1 Å². The highest BCUT2D eigenvalue weighted by Gasteiger charge is 2.30. The summed E-state index contributed by atoms with van der Waals surface area (Å²) in [5, 5.41) is 9.07. The molecule has 20 heavy (non-hydrogen) atoms. The summed E-state index contributed by atoms with van der Waals surface area (Å²) in [6, 6.07) is 13.2. The smallest absolute Gasteiger partial charge is 0.290 e. The van der Waals surface area contributed by atoms with E-state index in [9.17, 15) is 13.2 Å². The third-order valence-corrected chi connectivity index (χ3v) is 2.57. The van der Waals surface area contributed by atoms with Gasteiger partial charge in [-0.25, -0.2) is 4.99 Å². The van der Waals surface area contributed by atoms with Gasteiger partial charge in [0.2, 0.25) is 0 Å². The Morgan fingerprint density at radius 2 is 1.70 bits per heavy atom. The molecule has 0 unspecified atom stereocenters. The molecule has 0 saturated heterocycles. The van der Waals surface area contributed by atoms with Crippen molar-refractivity contribution in [2.75, 3.05) is 0 Å². The van der Waals surface area contributed by atoms with Gasteiger partial charge in [0.05, 0.1) is 11.3 Å². The number of aliphatic imine (C=N–C) groups is 1. The number of alkyl halides is 3. The van der Waals surface area contributed by atoms with Gasteiger partial charge in [-0.3, -0.25) is 10.7 Å². The molecule has 0 heterocycles. The summed E-state index contributed by atoms with van der Waals surface area (Å²) in [7, 11) is 0. The Kier molecular flexibility index (Phi) is 4.05. The number of halogens is 3. The predicted octanol–water partition coefficient (Wildman–Crippen LogP) is 3.76. The number of nitrogens with one attached hydrogen (secondary N) is 1. The highest BCUT2D eigenvalue weighted by Crippen LogP contribution is 2.29. The molecule has 0 saturated carbocycles. The molecule has 0 spiro atoms. The maximum atomic E-state index is 12.6. The van der Waals surface area contributed by atoms with E-state index in [1.807, 2.05) is 5.48 Å². The summed E-state index contributed by atoms with van der Waals surface area (Å²) in [6.45, 7) is 0. The van der Waals surface area contributed by atoms with E-state index in [1.54, 1.807) is 30.3 Å². The van der Waals surface area contributed by atoms with Crippen LogP contribution < -0.4 is 5.48 Å². The summed E-state index contributed by atoms with van der Waals surface area (Å²) in [6.07, 6.45) is -4.44. The fourth-order valence-electron chi connectivity index (χ4n) is 1.63. The van der Waals surface area contributed by atoms with Crippen molar-refractivity contribution in [2.24, 2.45) is 4.99 Å². The first-order valence-corrected chi connectivity index (χ1v) is 5.72. The van der Waals surface area contributed by atoms with Crippen LogP contribution in [0.15, 0.2) is 59.6 Å². The quantitative estimate of drug-likeness (QED) is 0.500. The van der Waals surface area contributed by atoms with E-state index in [-0.39, 0.29) is 11.4 Å². The first-order chi connectivity index (χ1) is 9.50. The summed E-state index contributed by atoms with van der Waals surface area (Å²) in [5.74, 6) is -0.0534. The van der Waals surface area contributed by atoms with E-state index < -0.39 is 11.7 Å². The lowest BCUT2D eigenvalue weighted by molar-refractivity contribution is -0.137. The number of hydrogen-bond donors (Lipinski definition) is 2. The minimum Gasteiger partial charge on any atom is -0.290 e. The Bertz CT molecular complexity index is 609. The van der Waals surface area contributed by atoms with E-state index in [0.29, 0.717) is 5.69 Å². The lowest BCUT2D eigenvalue weighted by Crippen LogP contribution is -2.20. The van der Waals surface area contributed by atoms with E-state index in [0.717, 1.165) is 12.1 Å². The molecule has 2 rings (SSSR count). The van der Waals surface area contributed by atoms with Crippen molar-refractivity contribution in [1.29, 1.82) is 0 Å². The topological polar surface area (TPSA) is 44.6 Å². The van der Waals surface area contributed by atoms with Gasteiger partial charge in [-0.05, 0) is 24.3 Å². The second kappa shape index (κ2) is 5.75. The molecule has 2 aromatic rings. The average molecular weight is 280 g/mol. The zero-order chi connectivity index (χ0) is 14.6. The lowest BCUT2D eigenvalue weighted by atomic mass is 10.1. The number of rotatable bonds is 2. The van der Waals surface area contributed by atoms with Crippen molar-refractivity contribution in [3.05, 3.63) is 65.7 Å². The summed E-state index contributed by atoms with van der Waals surface area (Å²) < 4.78 is 37.9. The number of hydroxylamine groups is 1. The zero-order valence-electron chi connectivity index (χ0n) is 10.2. The molecule has 0 aliphatic carbocycles. The van der Waals surface area contributed by atoms with Gasteiger partial charge in [0.15, 0.2) is 5.84 Å². The SMILES string of the molecule is ONC(=Nc1ccccc1)c1cccc(C(F)(F)F)c1. The largest absolute Gasteiger partial charge is 0.416 e. The van der Waals surface area contributed by atoms with Gasteiger partial charge in [0, 0.05) is 5.56 Å². The van der Waals surface area contributed by atoms with Crippen LogP contribution in [0, 0.1) is 0 Å². The molecule has 0 aliphatic rings. The molecule has 0 atom stereocenters. The maximum absolute atomic E-state index is 12.6. The Balaban J connectivity index is 2.40.